The van der Waals surface area contributed by atoms with Crippen molar-refractivity contribution in [2.24, 2.45) is 0 Å². The number of aromatic nitrogens is 2. The van der Waals surface area contributed by atoms with Gasteiger partial charge in [-0.2, -0.15) is 0 Å². The number of anilines is 1. The Bertz CT molecular complexity index is 1110. The van der Waals surface area contributed by atoms with Gasteiger partial charge in [-0.15, -0.1) is 0 Å². The summed E-state index contributed by atoms with van der Waals surface area (Å²) in [6.45, 7) is 2.20. The second-order valence-electron chi connectivity index (χ2n) is 7.15. The summed E-state index contributed by atoms with van der Waals surface area (Å²) >= 11 is 3.54. The normalized spacial score (nSPS) is 18.9. The van der Waals surface area contributed by atoms with Gasteiger partial charge in [0.25, 0.3) is 0 Å². The van der Waals surface area contributed by atoms with Crippen molar-refractivity contribution in [3.8, 4) is 0 Å². The van der Waals surface area contributed by atoms with E-state index in [-0.39, 0.29) is 12.1 Å². The fourth-order valence-electron chi connectivity index (χ4n) is 4.15. The summed E-state index contributed by atoms with van der Waals surface area (Å²) < 4.78 is 3.47. The van der Waals surface area contributed by atoms with Crippen molar-refractivity contribution in [3.63, 3.8) is 0 Å². The van der Waals surface area contributed by atoms with Crippen LogP contribution in [0.2, 0.25) is 0 Å². The average molecular weight is 418 g/mol. The molecule has 27 heavy (non-hydrogen) atoms. The number of halogens is 1. The molecule has 0 aliphatic carbocycles. The number of rotatable bonds is 2. The maximum Gasteiger partial charge on any atom is 0.204 e. The number of benzene rings is 3. The number of hydrogen-bond donors (Lipinski definition) is 1. The van der Waals surface area contributed by atoms with Crippen molar-refractivity contribution in [3.05, 3.63) is 94.0 Å². The lowest BCUT2D eigenvalue weighted by Crippen LogP contribution is -2.27. The topological polar surface area (TPSA) is 29.9 Å². The highest BCUT2D eigenvalue weighted by Gasteiger charge is 2.31. The van der Waals surface area contributed by atoms with Crippen LogP contribution < -0.4 is 5.32 Å². The highest BCUT2D eigenvalue weighted by atomic mass is 79.9. The van der Waals surface area contributed by atoms with Gasteiger partial charge >= 0.3 is 0 Å². The van der Waals surface area contributed by atoms with Crippen LogP contribution in [0.5, 0.6) is 0 Å². The molecule has 0 saturated heterocycles. The number of fused-ring (bicyclic) bond motifs is 3. The van der Waals surface area contributed by atoms with Gasteiger partial charge in [-0.25, -0.2) is 4.98 Å². The average Bonchev–Trinajstić information content (AvgIpc) is 3.07. The fourth-order valence-corrected chi connectivity index (χ4v) is 4.41. The Kier molecular flexibility index (Phi) is 4.01. The van der Waals surface area contributed by atoms with Crippen LogP contribution in [0, 0.1) is 6.92 Å². The second-order valence-corrected chi connectivity index (χ2v) is 8.07. The molecule has 0 fully saturated rings. The van der Waals surface area contributed by atoms with E-state index in [1.54, 1.807) is 0 Å². The molecule has 3 nitrogen and oxygen atoms in total. The predicted octanol–water partition coefficient (Wildman–Crippen LogP) is 6.25. The SMILES string of the molecule is Cc1ccccc1C1CC(c2ccc(Br)cc2)Nc2nc3ccccc3n21. The molecule has 1 aliphatic heterocycles. The van der Waals surface area contributed by atoms with Crippen LogP contribution in [0.15, 0.2) is 77.3 Å². The minimum absolute atomic E-state index is 0.229. The third-order valence-electron chi connectivity index (χ3n) is 5.49. The Morgan fingerprint density at radius 3 is 2.52 bits per heavy atom. The molecule has 2 heterocycles. The van der Waals surface area contributed by atoms with E-state index in [0.717, 1.165) is 22.4 Å². The molecule has 1 aromatic heterocycles. The van der Waals surface area contributed by atoms with Gasteiger partial charge in [-0.1, -0.05) is 64.5 Å². The van der Waals surface area contributed by atoms with Crippen LogP contribution in [0.1, 0.15) is 35.2 Å². The molecule has 5 rings (SSSR count). The van der Waals surface area contributed by atoms with E-state index in [1.807, 2.05) is 0 Å². The molecule has 3 aromatic carbocycles. The molecule has 1 N–H and O–H groups in total. The highest BCUT2D eigenvalue weighted by molar-refractivity contribution is 9.10. The molecule has 0 radical (unpaired) electrons. The smallest absolute Gasteiger partial charge is 0.204 e. The van der Waals surface area contributed by atoms with Gasteiger partial charge in [0.1, 0.15) is 0 Å². The van der Waals surface area contributed by atoms with Crippen LogP contribution >= 0.6 is 15.9 Å². The zero-order valence-electron chi connectivity index (χ0n) is 15.1. The van der Waals surface area contributed by atoms with E-state index in [2.05, 4.69) is 106 Å². The quantitative estimate of drug-likeness (QED) is 0.417. The first-order valence-electron chi connectivity index (χ1n) is 9.25. The third kappa shape index (κ3) is 2.85. The third-order valence-corrected chi connectivity index (χ3v) is 6.02. The first kappa shape index (κ1) is 16.6. The summed E-state index contributed by atoms with van der Waals surface area (Å²) in [5, 5.41) is 3.68. The largest absolute Gasteiger partial charge is 0.349 e. The van der Waals surface area contributed by atoms with E-state index in [1.165, 1.54) is 22.2 Å². The van der Waals surface area contributed by atoms with Crippen LogP contribution in [0.4, 0.5) is 5.95 Å². The summed E-state index contributed by atoms with van der Waals surface area (Å²) in [5.74, 6) is 0.948. The molecular weight excluding hydrogens is 398 g/mol. The lowest BCUT2D eigenvalue weighted by atomic mass is 9.91. The molecule has 0 amide bonds. The van der Waals surface area contributed by atoms with Gasteiger partial charge in [0, 0.05) is 4.47 Å². The minimum atomic E-state index is 0.229. The molecule has 134 valence electrons. The van der Waals surface area contributed by atoms with E-state index in [0.29, 0.717) is 0 Å². The van der Waals surface area contributed by atoms with Gasteiger partial charge in [0.2, 0.25) is 5.95 Å². The maximum atomic E-state index is 4.89. The summed E-state index contributed by atoms with van der Waals surface area (Å²) in [6.07, 6.45) is 0.986. The van der Waals surface area contributed by atoms with Crippen molar-refractivity contribution in [2.45, 2.75) is 25.4 Å². The van der Waals surface area contributed by atoms with Gasteiger partial charge < -0.3 is 9.88 Å². The molecule has 2 unspecified atom stereocenters. The van der Waals surface area contributed by atoms with Crippen molar-refractivity contribution in [2.75, 3.05) is 5.32 Å². The van der Waals surface area contributed by atoms with Crippen LogP contribution in [-0.4, -0.2) is 9.55 Å². The second kappa shape index (κ2) is 6.54. The Balaban J connectivity index is 1.68. The zero-order chi connectivity index (χ0) is 18.4. The molecule has 1 aliphatic rings. The Labute approximate surface area is 167 Å². The van der Waals surface area contributed by atoms with Crippen molar-refractivity contribution in [1.82, 2.24) is 9.55 Å². The molecule has 4 heteroatoms. The molecule has 0 saturated carbocycles. The minimum Gasteiger partial charge on any atom is -0.349 e. The fraction of sp³-hybridized carbons (Fsp3) is 0.174. The van der Waals surface area contributed by atoms with Gasteiger partial charge in [0.05, 0.1) is 23.1 Å². The van der Waals surface area contributed by atoms with E-state index >= 15 is 0 Å². The van der Waals surface area contributed by atoms with Crippen LogP contribution in [0.25, 0.3) is 11.0 Å². The van der Waals surface area contributed by atoms with Crippen molar-refractivity contribution in [1.29, 1.82) is 0 Å². The summed E-state index contributed by atoms with van der Waals surface area (Å²) in [6, 6.07) is 26.2. The number of aryl methyl sites for hydroxylation is 1. The van der Waals surface area contributed by atoms with E-state index in [4.69, 9.17) is 4.98 Å². The van der Waals surface area contributed by atoms with Crippen LogP contribution in [0.3, 0.4) is 0 Å². The number of hydrogen-bond acceptors (Lipinski definition) is 2. The molecule has 4 aromatic rings. The summed E-state index contributed by atoms with van der Waals surface area (Å²) in [4.78, 5) is 4.89. The zero-order valence-corrected chi connectivity index (χ0v) is 16.6. The Morgan fingerprint density at radius 1 is 0.963 bits per heavy atom. The number of nitrogens with zero attached hydrogens (tertiary/aromatic N) is 2. The molecular formula is C23H20BrN3. The summed E-state index contributed by atoms with van der Waals surface area (Å²) in [7, 11) is 0. The first-order valence-corrected chi connectivity index (χ1v) is 10.0. The van der Waals surface area contributed by atoms with Crippen LogP contribution in [-0.2, 0) is 0 Å². The predicted molar refractivity (Wildman–Crippen MR) is 114 cm³/mol. The van der Waals surface area contributed by atoms with Gasteiger partial charge in [0.15, 0.2) is 0 Å². The molecule has 0 spiro atoms. The lowest BCUT2D eigenvalue weighted by molar-refractivity contribution is 0.476. The monoisotopic (exact) mass is 417 g/mol. The Hall–Kier alpha value is -2.59. The molecule has 2 atom stereocenters. The number of para-hydroxylation sites is 2. The Morgan fingerprint density at radius 2 is 1.70 bits per heavy atom. The highest BCUT2D eigenvalue weighted by Crippen LogP contribution is 2.41. The van der Waals surface area contributed by atoms with Crippen molar-refractivity contribution < 1.29 is 0 Å². The number of imidazole rings is 1. The lowest BCUT2D eigenvalue weighted by Gasteiger charge is -2.34. The number of nitrogens with one attached hydrogen (secondary N) is 1. The first-order chi connectivity index (χ1) is 13.2. The van der Waals surface area contributed by atoms with Gasteiger partial charge in [-0.05, 0) is 54.3 Å². The molecule has 0 bridgehead atoms. The van der Waals surface area contributed by atoms with Crippen molar-refractivity contribution >= 4 is 32.9 Å². The van der Waals surface area contributed by atoms with E-state index < -0.39 is 0 Å². The van der Waals surface area contributed by atoms with E-state index in [9.17, 15) is 0 Å². The standard InChI is InChI=1S/C23H20BrN3/c1-15-6-2-3-7-18(15)22-14-20(16-10-12-17(24)13-11-16)26-23-25-19-8-4-5-9-21(19)27(22)23/h2-13,20,22H,14H2,1H3,(H,25,26). The van der Waals surface area contributed by atoms with Gasteiger partial charge in [-0.3, -0.25) is 0 Å². The maximum absolute atomic E-state index is 4.89. The summed E-state index contributed by atoms with van der Waals surface area (Å²) in [5.41, 5.74) is 6.20.